The number of amides is 8. The van der Waals surface area contributed by atoms with Crippen LogP contribution >= 0.6 is 23.2 Å². The smallest absolute Gasteiger partial charge is 0.373 e. The van der Waals surface area contributed by atoms with E-state index in [1.165, 1.54) is 0 Å². The maximum absolute atomic E-state index is 15.1. The van der Waals surface area contributed by atoms with Gasteiger partial charge in [-0.3, -0.25) is 43.2 Å². The van der Waals surface area contributed by atoms with Crippen LogP contribution in [0, 0.1) is 23.7 Å². The fourth-order valence-electron chi connectivity index (χ4n) is 19.4. The SMILES string of the molecule is CC[C@@H]1C=C[C@H]2CCN(C(=O)[C@@H]3CC[C@H]4C=C[C@]5(CCCN5C(=O)C(CC(=O)OCC5c6ccccc6-c6ccccc65)Cc5ccccc5Cl)C(=O)N43)[C@@H]2C(=O)N1CC.CC[C@@H]1C=C[C@H]2CCN(C(=O)[C@@H]3CC[C@H]4C=C[C@]5(CCCN5C(=O)[C@@H](C)Cc5ccccc5Cl)C(=O)N43)[C@@H]2C(=O)N1CC.O=C=O.O=C=O. The Balaban J connectivity index is 0.000000199. The van der Waals surface area contributed by atoms with E-state index in [2.05, 4.69) is 62.4 Å². The third-order valence-electron chi connectivity index (χ3n) is 24.7. The number of fused-ring (bicyclic) bond motifs is 7. The molecule has 0 bridgehead atoms. The number of rotatable bonds is 16. The Morgan fingerprint density at radius 1 is 0.523 bits per heavy atom. The van der Waals surface area contributed by atoms with Crippen LogP contribution in [0.4, 0.5) is 0 Å². The summed E-state index contributed by atoms with van der Waals surface area (Å²) in [5.41, 5.74) is 3.73. The van der Waals surface area contributed by atoms with E-state index < -0.39 is 47.1 Å². The van der Waals surface area contributed by atoms with Gasteiger partial charge < -0.3 is 43.9 Å². The van der Waals surface area contributed by atoms with Gasteiger partial charge in [-0.15, -0.1) is 0 Å². The van der Waals surface area contributed by atoms with Crippen molar-refractivity contribution in [1.82, 2.24) is 39.2 Å². The molecule has 15 rings (SSSR count). The standard InChI is InChI=1S/C49H53ClN4O6.C34H43ClN4O4.2CO2/c1-3-34-19-18-31-23-27-52(44(31)47(58)51(34)4-2)46(57)42-21-20-35-22-25-49(48(59)54(35)42)24-11-26-53(49)45(56)33(28-32-12-5-10-17-41(32)50)29-43(55)60-30-40-38-15-8-6-13-36(38)37-14-7-9-16-39(37)40;1-4-25-12-11-23-16-20-37(29(23)32(42)36(25)5-2)31(41)28-14-13-26-15-18-34(33(43)39(26)28)17-8-19-38(34)30(40)22(3)21-24-9-6-7-10-27(24)35;2*2-1-3/h5-10,12-19,22,25,31,33-35,40,42,44H,3-4,11,20-21,23-24,26-30H2,1-2H3;6-7,9-12,15,18,22-23,25-26,28-29H,4-5,8,13-14,16-17,19-21H2,1-3H3;;/t31-,33?,34+,35-,42-,44-,49+;22-,23-,25+,26-,28-,29-,34+;;/m00../s1. The first kappa shape index (κ1) is 79.0. The minimum absolute atomic E-state index is 0.00570. The summed E-state index contributed by atoms with van der Waals surface area (Å²) in [6.07, 6.45) is 25.0. The van der Waals surface area contributed by atoms with E-state index >= 15 is 9.59 Å². The molecule has 574 valence electrons. The van der Waals surface area contributed by atoms with Gasteiger partial charge in [0.15, 0.2) is 0 Å². The Morgan fingerprint density at radius 3 is 1.39 bits per heavy atom. The molecular formula is C85H96Cl2N8O14. The average molecular weight is 1520 g/mol. The molecule has 4 aromatic rings. The van der Waals surface area contributed by atoms with Gasteiger partial charge in [0.05, 0.1) is 24.4 Å². The summed E-state index contributed by atoms with van der Waals surface area (Å²) in [6.45, 7) is 13.1. The first-order chi connectivity index (χ1) is 52.7. The molecule has 22 nitrogen and oxygen atoms in total. The van der Waals surface area contributed by atoms with E-state index in [1.54, 1.807) is 35.5 Å². The number of hydrogen-bond donors (Lipinski definition) is 0. The molecular weight excluding hydrogens is 1430 g/mol. The predicted octanol–water partition coefficient (Wildman–Crippen LogP) is 10.0. The molecule has 6 fully saturated rings. The van der Waals surface area contributed by atoms with Crippen LogP contribution in [0.3, 0.4) is 0 Å². The van der Waals surface area contributed by atoms with E-state index in [-0.39, 0.29) is 127 Å². The van der Waals surface area contributed by atoms with Gasteiger partial charge in [-0.2, -0.15) is 19.2 Å². The van der Waals surface area contributed by atoms with Gasteiger partial charge in [-0.05, 0) is 149 Å². The molecule has 10 heterocycles. The number of esters is 1. The van der Waals surface area contributed by atoms with Crippen molar-refractivity contribution in [2.75, 3.05) is 45.9 Å². The molecule has 2 spiro atoms. The second kappa shape index (κ2) is 34.1. The number of benzene rings is 4. The molecule has 0 aromatic heterocycles. The fourth-order valence-corrected chi connectivity index (χ4v) is 19.8. The van der Waals surface area contributed by atoms with Crippen LogP contribution in [0.5, 0.6) is 0 Å². The molecule has 14 atom stereocenters. The van der Waals surface area contributed by atoms with E-state index in [1.807, 2.05) is 122 Å². The Hall–Kier alpha value is -9.59. The molecule has 109 heavy (non-hydrogen) atoms. The van der Waals surface area contributed by atoms with Gasteiger partial charge in [0.2, 0.25) is 35.4 Å². The number of nitrogens with zero attached hydrogens (tertiary/aromatic N) is 8. The molecule has 0 N–H and O–H groups in total. The third kappa shape index (κ3) is 14.9. The van der Waals surface area contributed by atoms with Crippen molar-refractivity contribution in [3.05, 3.63) is 178 Å². The van der Waals surface area contributed by atoms with E-state index in [0.717, 1.165) is 59.1 Å². The number of carbonyl (C=O) groups excluding carboxylic acids is 13. The van der Waals surface area contributed by atoms with Gasteiger partial charge in [0.1, 0.15) is 41.9 Å². The van der Waals surface area contributed by atoms with Crippen LogP contribution in [-0.2, 0) is 79.9 Å². The summed E-state index contributed by atoms with van der Waals surface area (Å²) >= 11 is 13.0. The van der Waals surface area contributed by atoms with Crippen molar-refractivity contribution < 1.29 is 67.1 Å². The molecule has 6 saturated heterocycles. The van der Waals surface area contributed by atoms with Crippen molar-refractivity contribution >= 4 is 88.7 Å². The van der Waals surface area contributed by atoms with Crippen LogP contribution in [-0.4, -0.2) is 210 Å². The lowest BCUT2D eigenvalue weighted by Crippen LogP contribution is -2.64. The minimum Gasteiger partial charge on any atom is -0.465 e. The third-order valence-corrected chi connectivity index (χ3v) is 25.4. The highest BCUT2D eigenvalue weighted by Gasteiger charge is 2.61. The summed E-state index contributed by atoms with van der Waals surface area (Å²) in [5, 5.41) is 1.13. The van der Waals surface area contributed by atoms with E-state index in [0.29, 0.717) is 107 Å². The first-order valence-electron chi connectivity index (χ1n) is 38.7. The average Bonchev–Trinajstić information content (AvgIpc) is 1.59. The highest BCUT2D eigenvalue weighted by molar-refractivity contribution is 6.31. The van der Waals surface area contributed by atoms with E-state index in [4.69, 9.17) is 47.1 Å². The predicted molar refractivity (Wildman–Crippen MR) is 404 cm³/mol. The maximum atomic E-state index is 15.1. The van der Waals surface area contributed by atoms with Crippen LogP contribution < -0.4 is 0 Å². The van der Waals surface area contributed by atoms with Crippen LogP contribution in [0.15, 0.2) is 146 Å². The Morgan fingerprint density at radius 2 is 0.945 bits per heavy atom. The summed E-state index contributed by atoms with van der Waals surface area (Å²) in [4.78, 5) is 176. The first-order valence-corrected chi connectivity index (χ1v) is 39.5. The topological polar surface area (TPSA) is 257 Å². The second-order valence-electron chi connectivity index (χ2n) is 30.3. The second-order valence-corrected chi connectivity index (χ2v) is 31.1. The van der Waals surface area contributed by atoms with Crippen LogP contribution in [0.1, 0.15) is 146 Å². The summed E-state index contributed by atoms with van der Waals surface area (Å²) in [7, 11) is 0. The molecule has 1 aliphatic carbocycles. The largest absolute Gasteiger partial charge is 0.465 e. The molecule has 0 radical (unpaired) electrons. The van der Waals surface area contributed by atoms with Crippen LogP contribution in [0.25, 0.3) is 11.1 Å². The molecule has 4 aromatic carbocycles. The zero-order chi connectivity index (χ0) is 77.6. The number of likely N-dealkylation sites (tertiary alicyclic amines) is 4. The normalized spacial score (nSPS) is 27.9. The van der Waals surface area contributed by atoms with Crippen LogP contribution in [0.2, 0.25) is 10.0 Å². The highest BCUT2D eigenvalue weighted by atomic mass is 35.5. The van der Waals surface area contributed by atoms with Gasteiger partial charge in [0, 0.05) is 85.1 Å². The highest BCUT2D eigenvalue weighted by Crippen LogP contribution is 2.48. The van der Waals surface area contributed by atoms with Crippen molar-refractivity contribution in [3.63, 3.8) is 0 Å². The molecule has 8 amide bonds. The Bertz CT molecular complexity index is 4300. The maximum Gasteiger partial charge on any atom is 0.373 e. The number of hydrogen-bond acceptors (Lipinski definition) is 14. The van der Waals surface area contributed by atoms with Crippen molar-refractivity contribution in [1.29, 1.82) is 0 Å². The van der Waals surface area contributed by atoms with Gasteiger partial charge in [-0.25, -0.2) is 0 Å². The number of likely N-dealkylation sites (N-methyl/N-ethyl adjacent to an activating group) is 2. The lowest BCUT2D eigenvalue weighted by molar-refractivity contribution is -0.193. The lowest BCUT2D eigenvalue weighted by atomic mass is 9.86. The zero-order valence-electron chi connectivity index (χ0n) is 62.5. The summed E-state index contributed by atoms with van der Waals surface area (Å²) < 4.78 is 6.03. The molecule has 11 aliphatic rings. The zero-order valence-corrected chi connectivity index (χ0v) is 64.0. The van der Waals surface area contributed by atoms with Crippen molar-refractivity contribution in [2.45, 2.75) is 196 Å². The molecule has 1 unspecified atom stereocenters. The number of carbonyl (C=O) groups is 9. The Labute approximate surface area is 646 Å². The molecule has 10 aliphatic heterocycles. The minimum atomic E-state index is -1.29. The van der Waals surface area contributed by atoms with Crippen molar-refractivity contribution in [2.24, 2.45) is 23.7 Å². The van der Waals surface area contributed by atoms with E-state index in [9.17, 15) is 33.6 Å². The molecule has 0 saturated carbocycles. The van der Waals surface area contributed by atoms with Gasteiger partial charge in [0.25, 0.3) is 11.8 Å². The molecule has 24 heteroatoms. The monoisotopic (exact) mass is 1520 g/mol. The van der Waals surface area contributed by atoms with Gasteiger partial charge >= 0.3 is 18.3 Å². The fraction of sp³-hybridized carbons (Fsp3) is 0.494. The lowest BCUT2D eigenvalue weighted by Gasteiger charge is -2.45. The van der Waals surface area contributed by atoms with Gasteiger partial charge in [-0.1, -0.05) is 178 Å². The summed E-state index contributed by atoms with van der Waals surface area (Å²) in [5.74, 6) is -3.07. The summed E-state index contributed by atoms with van der Waals surface area (Å²) in [6, 6.07) is 28.2. The Kier molecular flexibility index (Phi) is 24.7. The number of halogens is 2. The quantitative estimate of drug-likeness (QED) is 0.0747. The van der Waals surface area contributed by atoms with Crippen molar-refractivity contribution in [3.8, 4) is 11.1 Å². The number of ether oxygens (including phenoxy) is 1.